The molecule has 0 N–H and O–H groups in total. The first-order chi connectivity index (χ1) is 27.8. The van der Waals surface area contributed by atoms with Gasteiger partial charge in [0.05, 0.1) is 11.4 Å². The summed E-state index contributed by atoms with van der Waals surface area (Å²) >= 11 is 0. The van der Waals surface area contributed by atoms with Crippen LogP contribution in [0.1, 0.15) is 101 Å². The summed E-state index contributed by atoms with van der Waals surface area (Å²) in [4.78, 5) is 60.2. The maximum atomic E-state index is 15.1. The zero-order valence-corrected chi connectivity index (χ0v) is 33.9. The van der Waals surface area contributed by atoms with E-state index in [1.165, 1.54) is 9.13 Å². The Hall–Kier alpha value is -6.40. The van der Waals surface area contributed by atoms with Crippen molar-refractivity contribution in [2.75, 3.05) is 0 Å². The first-order valence-corrected chi connectivity index (χ1v) is 20.6. The fraction of sp³-hybridized carbons (Fsp3) is 0.231. The lowest BCUT2D eigenvalue weighted by atomic mass is 9.80. The Labute approximate surface area is 333 Å². The van der Waals surface area contributed by atoms with E-state index in [4.69, 9.17) is 0 Å². The quantitative estimate of drug-likeness (QED) is 0.125. The van der Waals surface area contributed by atoms with E-state index < -0.39 is 0 Å². The summed E-state index contributed by atoms with van der Waals surface area (Å²) in [6.07, 6.45) is 0. The molecular formula is C52H42N2O4. The molecule has 0 fully saturated rings. The molecule has 11 aromatic rings. The number of benzene rings is 9. The van der Waals surface area contributed by atoms with Crippen LogP contribution in [-0.4, -0.2) is 9.13 Å². The number of hydrogen-bond donors (Lipinski definition) is 0. The zero-order valence-electron chi connectivity index (χ0n) is 33.9. The molecule has 6 nitrogen and oxygen atoms in total. The summed E-state index contributed by atoms with van der Waals surface area (Å²) in [6.45, 7) is 16.8. The van der Waals surface area contributed by atoms with E-state index in [0.717, 1.165) is 76.1 Å². The van der Waals surface area contributed by atoms with Gasteiger partial charge in [-0.15, -0.1) is 0 Å². The van der Waals surface area contributed by atoms with Gasteiger partial charge in [-0.1, -0.05) is 116 Å². The van der Waals surface area contributed by atoms with Crippen molar-refractivity contribution in [3.05, 3.63) is 149 Å². The molecule has 0 spiro atoms. The predicted octanol–water partition coefficient (Wildman–Crippen LogP) is 11.6. The fourth-order valence-corrected chi connectivity index (χ4v) is 10.6. The van der Waals surface area contributed by atoms with Gasteiger partial charge in [0.1, 0.15) is 0 Å². The number of aromatic nitrogens is 2. The number of nitrogens with zero attached hydrogens (tertiary/aromatic N) is 2. The fourth-order valence-electron chi connectivity index (χ4n) is 10.6. The molecule has 0 aliphatic carbocycles. The number of para-hydroxylation sites is 2. The SMILES string of the molecule is CC(C)c1cccc(C(C)C)c1-n1c(=O)c2cc3ccc4cc5c(=O)n(-c6c(C(C)C)cccc6C(C)C)c(=O)c6cc7ccc8cc(c1=O)c2c1c3c4c(c56)c7c81. The lowest BCUT2D eigenvalue weighted by Gasteiger charge is -2.25. The van der Waals surface area contributed by atoms with E-state index >= 15 is 19.2 Å². The molecule has 0 aliphatic heterocycles. The Morgan fingerprint density at radius 3 is 0.793 bits per heavy atom. The molecule has 0 radical (unpaired) electrons. The summed E-state index contributed by atoms with van der Waals surface area (Å²) in [5, 5.41) is 12.4. The average Bonchev–Trinajstić information content (AvgIpc) is 3.20. The molecular weight excluding hydrogens is 717 g/mol. The van der Waals surface area contributed by atoms with Crippen molar-refractivity contribution in [3.8, 4) is 11.4 Å². The van der Waals surface area contributed by atoms with Crippen LogP contribution < -0.4 is 22.2 Å². The molecule has 2 aromatic heterocycles. The van der Waals surface area contributed by atoms with Crippen molar-refractivity contribution >= 4 is 86.2 Å². The lowest BCUT2D eigenvalue weighted by molar-refractivity contribution is 0.792. The Bertz CT molecular complexity index is 3300. The molecule has 284 valence electrons. The van der Waals surface area contributed by atoms with Crippen LogP contribution in [0.25, 0.3) is 97.6 Å². The lowest BCUT2D eigenvalue weighted by Crippen LogP contribution is -2.34. The van der Waals surface area contributed by atoms with Crippen molar-refractivity contribution in [3.63, 3.8) is 0 Å². The highest BCUT2D eigenvalue weighted by atomic mass is 16.2. The van der Waals surface area contributed by atoms with E-state index in [-0.39, 0.29) is 45.9 Å². The van der Waals surface area contributed by atoms with Gasteiger partial charge in [-0.3, -0.25) is 19.2 Å². The summed E-state index contributed by atoms with van der Waals surface area (Å²) in [5.41, 5.74) is 3.92. The van der Waals surface area contributed by atoms with Gasteiger partial charge in [0.15, 0.2) is 0 Å². The second-order valence-electron chi connectivity index (χ2n) is 17.8. The molecule has 0 unspecified atom stereocenters. The van der Waals surface area contributed by atoms with Gasteiger partial charge in [-0.2, -0.15) is 0 Å². The molecule has 9 aromatic carbocycles. The summed E-state index contributed by atoms with van der Waals surface area (Å²) in [5.74, 6) is 0.344. The van der Waals surface area contributed by atoms with Crippen molar-refractivity contribution in [1.29, 1.82) is 0 Å². The second kappa shape index (κ2) is 11.6. The van der Waals surface area contributed by atoms with Crippen molar-refractivity contribution < 1.29 is 0 Å². The molecule has 0 amide bonds. The molecule has 0 atom stereocenters. The van der Waals surface area contributed by atoms with Crippen molar-refractivity contribution in [2.24, 2.45) is 0 Å². The molecule has 0 aliphatic rings. The molecule has 6 heteroatoms. The van der Waals surface area contributed by atoms with Gasteiger partial charge >= 0.3 is 0 Å². The van der Waals surface area contributed by atoms with Crippen molar-refractivity contribution in [2.45, 2.75) is 79.1 Å². The maximum Gasteiger partial charge on any atom is 0.266 e. The standard InChI is InChI=1S/C52H42N2O4/c1-23(2)31-11-9-12-32(24(3)4)47(31)53-49(55)35-19-27-15-17-29-21-37-44-38(52(58)54(51(37)57)48-33(25(5)6)13-10-14-34(48)26(7)8)22-30-18-16-28-20-36(50(53)56)43(35)45-39(27)41(29)46(44)42(30)40(28)45/h9-26H,1-8H3. The highest BCUT2D eigenvalue weighted by molar-refractivity contribution is 6.49. The van der Waals surface area contributed by atoms with Crippen molar-refractivity contribution in [1.82, 2.24) is 9.13 Å². The first kappa shape index (κ1) is 34.8. The van der Waals surface area contributed by atoms with E-state index in [0.29, 0.717) is 43.7 Å². The van der Waals surface area contributed by atoms with Crippen LogP contribution in [0.3, 0.4) is 0 Å². The predicted molar refractivity (Wildman–Crippen MR) is 243 cm³/mol. The number of pyridine rings is 2. The third kappa shape index (κ3) is 4.17. The van der Waals surface area contributed by atoms with Gasteiger partial charge < -0.3 is 0 Å². The van der Waals surface area contributed by atoms with Crippen LogP contribution in [0.5, 0.6) is 0 Å². The minimum absolute atomic E-state index is 0.0859. The Balaban J connectivity index is 1.35. The first-order valence-electron chi connectivity index (χ1n) is 20.6. The van der Waals surface area contributed by atoms with E-state index in [1.807, 2.05) is 84.9 Å². The normalized spacial score (nSPS) is 13.0. The molecule has 0 saturated carbocycles. The largest absolute Gasteiger partial charge is 0.268 e. The molecule has 2 heterocycles. The van der Waals surface area contributed by atoms with E-state index in [1.54, 1.807) is 0 Å². The molecule has 58 heavy (non-hydrogen) atoms. The van der Waals surface area contributed by atoms with Crippen LogP contribution in [0.2, 0.25) is 0 Å². The average molecular weight is 759 g/mol. The molecule has 11 rings (SSSR count). The van der Waals surface area contributed by atoms with Crippen LogP contribution in [0.15, 0.2) is 104 Å². The van der Waals surface area contributed by atoms with E-state index in [2.05, 4.69) is 55.4 Å². The summed E-state index contributed by atoms with van der Waals surface area (Å²) in [6, 6.07) is 28.1. The molecule has 0 saturated heterocycles. The van der Waals surface area contributed by atoms with Crippen LogP contribution in [-0.2, 0) is 0 Å². The van der Waals surface area contributed by atoms with Gasteiger partial charge in [0, 0.05) is 43.1 Å². The highest BCUT2D eigenvalue weighted by Crippen LogP contribution is 2.51. The second-order valence-corrected chi connectivity index (χ2v) is 17.8. The Morgan fingerprint density at radius 1 is 0.328 bits per heavy atom. The smallest absolute Gasteiger partial charge is 0.266 e. The summed E-state index contributed by atoms with van der Waals surface area (Å²) in [7, 11) is 0. The molecule has 0 bridgehead atoms. The van der Waals surface area contributed by atoms with Gasteiger partial charge in [0.2, 0.25) is 0 Å². The minimum atomic E-state index is -0.323. The van der Waals surface area contributed by atoms with Crippen LogP contribution >= 0.6 is 0 Å². The van der Waals surface area contributed by atoms with Crippen LogP contribution in [0.4, 0.5) is 0 Å². The Kier molecular flexibility index (Phi) is 6.96. The van der Waals surface area contributed by atoms with Gasteiger partial charge in [0.25, 0.3) is 22.2 Å². The van der Waals surface area contributed by atoms with Gasteiger partial charge in [-0.25, -0.2) is 9.13 Å². The number of rotatable bonds is 6. The van der Waals surface area contributed by atoms with E-state index in [9.17, 15) is 0 Å². The maximum absolute atomic E-state index is 15.1. The van der Waals surface area contributed by atoms with Crippen LogP contribution in [0, 0.1) is 0 Å². The third-order valence-electron chi connectivity index (χ3n) is 13.2. The Morgan fingerprint density at radius 2 is 0.569 bits per heavy atom. The number of hydrogen-bond acceptors (Lipinski definition) is 4. The third-order valence-corrected chi connectivity index (χ3v) is 13.2. The monoisotopic (exact) mass is 758 g/mol. The zero-order chi connectivity index (χ0) is 40.4. The minimum Gasteiger partial charge on any atom is -0.268 e. The topological polar surface area (TPSA) is 78.1 Å². The highest BCUT2D eigenvalue weighted by Gasteiger charge is 2.30. The summed E-state index contributed by atoms with van der Waals surface area (Å²) < 4.78 is 2.87. The van der Waals surface area contributed by atoms with Gasteiger partial charge in [-0.05, 0) is 113 Å².